The molecule has 0 amide bonds. The third-order valence-corrected chi connectivity index (χ3v) is 7.43. The standard InChI is InChI=1S/C22H28N4O3S.HI/c1-23-22(25-16-19-14-18-6-2-3-7-21(18)29-19)24-15-17-8-10-20(11-9-17)30(27,28)26-12-4-5-13-26;/h2-3,6-11,19H,4-5,12-16H2,1H3,(H2,23,24,25);1H. The summed E-state index contributed by atoms with van der Waals surface area (Å²) < 4.78 is 32.8. The first-order chi connectivity index (χ1) is 14.6. The zero-order valence-electron chi connectivity index (χ0n) is 17.6. The normalized spacial score (nSPS) is 18.7. The highest BCUT2D eigenvalue weighted by Gasteiger charge is 2.27. The van der Waals surface area contributed by atoms with Crippen LogP contribution in [0.5, 0.6) is 5.75 Å². The second kappa shape index (κ2) is 10.6. The van der Waals surface area contributed by atoms with E-state index in [1.54, 1.807) is 23.5 Å². The fraction of sp³-hybridized carbons (Fsp3) is 0.409. The van der Waals surface area contributed by atoms with E-state index in [1.807, 2.05) is 30.3 Å². The molecule has 2 aliphatic heterocycles. The summed E-state index contributed by atoms with van der Waals surface area (Å²) in [6.07, 6.45) is 2.83. The number of nitrogens with zero attached hydrogens (tertiary/aromatic N) is 2. The van der Waals surface area contributed by atoms with Crippen molar-refractivity contribution in [3.05, 3.63) is 59.7 Å². The van der Waals surface area contributed by atoms with Crippen molar-refractivity contribution in [1.29, 1.82) is 0 Å². The molecule has 2 aromatic rings. The maximum atomic E-state index is 12.6. The molecule has 0 spiro atoms. The zero-order valence-corrected chi connectivity index (χ0v) is 20.7. The second-order valence-electron chi connectivity index (χ2n) is 7.61. The molecule has 31 heavy (non-hydrogen) atoms. The van der Waals surface area contributed by atoms with Gasteiger partial charge < -0.3 is 15.4 Å². The van der Waals surface area contributed by atoms with Crippen LogP contribution < -0.4 is 15.4 Å². The molecule has 1 saturated heterocycles. The van der Waals surface area contributed by atoms with E-state index in [0.29, 0.717) is 37.0 Å². The van der Waals surface area contributed by atoms with Gasteiger partial charge in [0.2, 0.25) is 10.0 Å². The number of aliphatic imine (C=N–C) groups is 1. The fourth-order valence-electron chi connectivity index (χ4n) is 3.84. The Morgan fingerprint density at radius 2 is 1.81 bits per heavy atom. The lowest BCUT2D eigenvalue weighted by Gasteiger charge is -2.17. The predicted octanol–water partition coefficient (Wildman–Crippen LogP) is 2.76. The predicted molar refractivity (Wildman–Crippen MR) is 133 cm³/mol. The Morgan fingerprint density at radius 3 is 2.48 bits per heavy atom. The van der Waals surface area contributed by atoms with Crippen LogP contribution in [-0.4, -0.2) is 51.5 Å². The van der Waals surface area contributed by atoms with Crippen LogP contribution in [-0.2, 0) is 23.0 Å². The van der Waals surface area contributed by atoms with E-state index < -0.39 is 10.0 Å². The van der Waals surface area contributed by atoms with Crippen molar-refractivity contribution < 1.29 is 13.2 Å². The van der Waals surface area contributed by atoms with Crippen LogP contribution in [0, 0.1) is 0 Å². The van der Waals surface area contributed by atoms with E-state index >= 15 is 0 Å². The molecule has 168 valence electrons. The summed E-state index contributed by atoms with van der Waals surface area (Å²) in [5, 5.41) is 6.57. The van der Waals surface area contributed by atoms with Gasteiger partial charge in [-0.15, -0.1) is 24.0 Å². The van der Waals surface area contributed by atoms with Crippen molar-refractivity contribution in [3.8, 4) is 5.75 Å². The Morgan fingerprint density at radius 1 is 1.10 bits per heavy atom. The van der Waals surface area contributed by atoms with Crippen LogP contribution in [0.2, 0.25) is 0 Å². The number of para-hydroxylation sites is 1. The van der Waals surface area contributed by atoms with Crippen molar-refractivity contribution in [2.45, 2.75) is 36.8 Å². The number of benzene rings is 2. The molecule has 2 aromatic carbocycles. The van der Waals surface area contributed by atoms with Gasteiger partial charge in [0.1, 0.15) is 11.9 Å². The van der Waals surface area contributed by atoms with E-state index in [-0.39, 0.29) is 30.1 Å². The van der Waals surface area contributed by atoms with Crippen LogP contribution in [0.25, 0.3) is 0 Å². The van der Waals surface area contributed by atoms with Crippen molar-refractivity contribution in [2.24, 2.45) is 4.99 Å². The molecule has 2 heterocycles. The molecule has 0 aliphatic carbocycles. The van der Waals surface area contributed by atoms with E-state index in [4.69, 9.17) is 4.74 Å². The van der Waals surface area contributed by atoms with Gasteiger partial charge >= 0.3 is 0 Å². The lowest BCUT2D eigenvalue weighted by molar-refractivity contribution is 0.235. The molecule has 1 atom stereocenters. The van der Waals surface area contributed by atoms with Crippen LogP contribution in [0.3, 0.4) is 0 Å². The largest absolute Gasteiger partial charge is 0.488 e. The average Bonchev–Trinajstić information content (AvgIpc) is 3.44. The van der Waals surface area contributed by atoms with Crippen LogP contribution in [0.15, 0.2) is 58.4 Å². The van der Waals surface area contributed by atoms with Gasteiger partial charge in [-0.25, -0.2) is 8.42 Å². The molecule has 7 nitrogen and oxygen atoms in total. The minimum atomic E-state index is -3.37. The monoisotopic (exact) mass is 556 g/mol. The molecule has 2 N–H and O–H groups in total. The summed E-state index contributed by atoms with van der Waals surface area (Å²) in [6.45, 7) is 2.43. The lowest BCUT2D eigenvalue weighted by atomic mass is 10.1. The second-order valence-corrected chi connectivity index (χ2v) is 9.55. The van der Waals surface area contributed by atoms with E-state index in [2.05, 4.69) is 21.7 Å². The molecular formula is C22H29IN4O3S. The molecule has 4 rings (SSSR count). The topological polar surface area (TPSA) is 83.0 Å². The van der Waals surface area contributed by atoms with Crippen LogP contribution in [0.1, 0.15) is 24.0 Å². The highest BCUT2D eigenvalue weighted by molar-refractivity contribution is 14.0. The molecule has 1 fully saturated rings. The number of hydrogen-bond donors (Lipinski definition) is 2. The van der Waals surface area contributed by atoms with Gasteiger partial charge in [0.25, 0.3) is 0 Å². The number of hydrogen-bond acceptors (Lipinski definition) is 4. The highest BCUT2D eigenvalue weighted by Crippen LogP contribution is 2.27. The molecule has 9 heteroatoms. The Kier molecular flexibility index (Phi) is 8.17. The first-order valence-corrected chi connectivity index (χ1v) is 11.8. The van der Waals surface area contributed by atoms with Gasteiger partial charge in [0, 0.05) is 33.1 Å². The SMILES string of the molecule is CN=C(NCc1ccc(S(=O)(=O)N2CCCC2)cc1)NCC1Cc2ccccc2O1.I. The quantitative estimate of drug-likeness (QED) is 0.325. The summed E-state index contributed by atoms with van der Waals surface area (Å²) in [5.41, 5.74) is 2.22. The number of fused-ring (bicyclic) bond motifs is 1. The van der Waals surface area contributed by atoms with Gasteiger partial charge in [-0.05, 0) is 42.2 Å². The Bertz CT molecular complexity index is 981. The van der Waals surface area contributed by atoms with E-state index in [0.717, 1.165) is 30.6 Å². The maximum absolute atomic E-state index is 12.6. The minimum Gasteiger partial charge on any atom is -0.488 e. The smallest absolute Gasteiger partial charge is 0.243 e. The molecule has 0 saturated carbocycles. The Hall–Kier alpha value is -1.85. The Labute approximate surface area is 201 Å². The van der Waals surface area contributed by atoms with Gasteiger partial charge in [0.15, 0.2) is 5.96 Å². The first-order valence-electron chi connectivity index (χ1n) is 10.3. The summed E-state index contributed by atoms with van der Waals surface area (Å²) in [6, 6.07) is 15.2. The lowest BCUT2D eigenvalue weighted by Crippen LogP contribution is -2.41. The molecule has 0 bridgehead atoms. The summed E-state index contributed by atoms with van der Waals surface area (Å²) in [7, 11) is -1.64. The minimum absolute atomic E-state index is 0. The van der Waals surface area contributed by atoms with E-state index in [1.165, 1.54) is 5.56 Å². The van der Waals surface area contributed by atoms with Crippen molar-refractivity contribution >= 4 is 40.0 Å². The maximum Gasteiger partial charge on any atom is 0.243 e. The summed E-state index contributed by atoms with van der Waals surface area (Å²) in [5.74, 6) is 1.64. The van der Waals surface area contributed by atoms with E-state index in [9.17, 15) is 8.42 Å². The van der Waals surface area contributed by atoms with Gasteiger partial charge in [-0.1, -0.05) is 30.3 Å². The van der Waals surface area contributed by atoms with Crippen molar-refractivity contribution in [2.75, 3.05) is 26.7 Å². The number of rotatable bonds is 6. The number of halogens is 1. The average molecular weight is 556 g/mol. The number of sulfonamides is 1. The zero-order chi connectivity index (χ0) is 21.0. The van der Waals surface area contributed by atoms with Gasteiger partial charge in [0.05, 0.1) is 11.4 Å². The molecule has 2 aliphatic rings. The number of nitrogens with one attached hydrogen (secondary N) is 2. The third-order valence-electron chi connectivity index (χ3n) is 5.52. The van der Waals surface area contributed by atoms with Gasteiger partial charge in [-0.2, -0.15) is 4.31 Å². The number of ether oxygens (including phenoxy) is 1. The first kappa shape index (κ1) is 23.8. The molecule has 0 aromatic heterocycles. The number of guanidine groups is 1. The summed E-state index contributed by atoms with van der Waals surface area (Å²) in [4.78, 5) is 4.61. The van der Waals surface area contributed by atoms with Crippen LogP contribution in [0.4, 0.5) is 0 Å². The Balaban J connectivity index is 0.00000272. The van der Waals surface area contributed by atoms with Gasteiger partial charge in [-0.3, -0.25) is 4.99 Å². The van der Waals surface area contributed by atoms with Crippen LogP contribution >= 0.6 is 24.0 Å². The summed E-state index contributed by atoms with van der Waals surface area (Å²) >= 11 is 0. The van der Waals surface area contributed by atoms with Crippen molar-refractivity contribution in [3.63, 3.8) is 0 Å². The highest BCUT2D eigenvalue weighted by atomic mass is 127. The molecular weight excluding hydrogens is 527 g/mol. The fourth-order valence-corrected chi connectivity index (χ4v) is 5.36. The third kappa shape index (κ3) is 5.69. The molecule has 1 unspecified atom stereocenters. The van der Waals surface area contributed by atoms with Crippen molar-refractivity contribution in [1.82, 2.24) is 14.9 Å². The molecule has 0 radical (unpaired) electrons.